The highest BCUT2D eigenvalue weighted by atomic mass is 16.7. The molecule has 0 aromatic rings. The summed E-state index contributed by atoms with van der Waals surface area (Å²) in [5.74, 6) is -0.556. The molecule has 0 radical (unpaired) electrons. The maximum atomic E-state index is 11.3. The Morgan fingerprint density at radius 3 is 2.92 bits per heavy atom. The molecule has 2 rings (SSSR count). The molecular formula is C9H12O3. The van der Waals surface area contributed by atoms with Crippen LogP contribution in [-0.4, -0.2) is 24.3 Å². The molecule has 66 valence electrons. The number of hydrogen-bond acceptors (Lipinski definition) is 3. The lowest BCUT2D eigenvalue weighted by atomic mass is 9.96. The molecule has 2 aliphatic rings. The monoisotopic (exact) mass is 168 g/mol. The van der Waals surface area contributed by atoms with Crippen LogP contribution in [0.15, 0.2) is 12.2 Å². The molecule has 3 nitrogen and oxygen atoms in total. The van der Waals surface area contributed by atoms with Crippen LogP contribution in [-0.2, 0) is 14.3 Å². The van der Waals surface area contributed by atoms with Crippen LogP contribution in [0, 0.1) is 0 Å². The third kappa shape index (κ3) is 1.01. The highest BCUT2D eigenvalue weighted by molar-refractivity contribution is 5.82. The fraction of sp³-hybridized carbons (Fsp3) is 0.667. The van der Waals surface area contributed by atoms with Crippen LogP contribution in [0.1, 0.15) is 19.8 Å². The van der Waals surface area contributed by atoms with Crippen LogP contribution >= 0.6 is 0 Å². The molecule has 0 aromatic heterocycles. The van der Waals surface area contributed by atoms with Crippen molar-refractivity contribution in [3.63, 3.8) is 0 Å². The summed E-state index contributed by atoms with van der Waals surface area (Å²) in [4.78, 5) is 11.3. The van der Waals surface area contributed by atoms with E-state index in [1.54, 1.807) is 7.11 Å². The third-order valence-electron chi connectivity index (χ3n) is 2.43. The van der Waals surface area contributed by atoms with E-state index in [0.717, 1.165) is 0 Å². The third-order valence-corrected chi connectivity index (χ3v) is 2.43. The molecule has 0 unspecified atom stereocenters. The van der Waals surface area contributed by atoms with Crippen molar-refractivity contribution in [2.24, 2.45) is 0 Å². The maximum Gasteiger partial charge on any atom is 0.195 e. The van der Waals surface area contributed by atoms with Crippen molar-refractivity contribution in [2.75, 3.05) is 7.11 Å². The second-order valence-electron chi connectivity index (χ2n) is 3.66. The van der Waals surface area contributed by atoms with Crippen LogP contribution in [0.4, 0.5) is 0 Å². The predicted molar refractivity (Wildman–Crippen MR) is 42.6 cm³/mol. The molecular weight excluding hydrogens is 156 g/mol. The number of carbonyl (C=O) groups is 1. The highest BCUT2D eigenvalue weighted by Gasteiger charge is 2.49. The van der Waals surface area contributed by atoms with Crippen LogP contribution in [0.25, 0.3) is 0 Å². The van der Waals surface area contributed by atoms with E-state index in [0.29, 0.717) is 12.8 Å². The van der Waals surface area contributed by atoms with Gasteiger partial charge in [0, 0.05) is 13.5 Å². The smallest absolute Gasteiger partial charge is 0.195 e. The van der Waals surface area contributed by atoms with Crippen molar-refractivity contribution in [3.05, 3.63) is 12.2 Å². The Morgan fingerprint density at radius 2 is 2.25 bits per heavy atom. The SMILES string of the molecule is CO[C@@]12C=C[C@@](C)(CC(=O)C1)O2. The Balaban J connectivity index is 2.32. The Hall–Kier alpha value is -0.670. The lowest BCUT2D eigenvalue weighted by Crippen LogP contribution is -2.44. The topological polar surface area (TPSA) is 35.5 Å². The van der Waals surface area contributed by atoms with Crippen molar-refractivity contribution in [3.8, 4) is 0 Å². The maximum absolute atomic E-state index is 11.3. The molecule has 12 heavy (non-hydrogen) atoms. The second kappa shape index (κ2) is 2.18. The summed E-state index contributed by atoms with van der Waals surface area (Å²) >= 11 is 0. The van der Waals surface area contributed by atoms with E-state index in [-0.39, 0.29) is 5.78 Å². The predicted octanol–water partition coefficient (Wildman–Crippen LogP) is 1.04. The lowest BCUT2D eigenvalue weighted by Gasteiger charge is -2.36. The van der Waals surface area contributed by atoms with Gasteiger partial charge in [-0.2, -0.15) is 0 Å². The molecule has 1 saturated heterocycles. The molecule has 2 aliphatic heterocycles. The van der Waals surface area contributed by atoms with Gasteiger partial charge < -0.3 is 9.47 Å². The number of ether oxygens (including phenoxy) is 2. The summed E-state index contributed by atoms with van der Waals surface area (Å²) in [6, 6.07) is 0. The van der Waals surface area contributed by atoms with E-state index in [4.69, 9.17) is 9.47 Å². The van der Waals surface area contributed by atoms with Crippen LogP contribution in [0.2, 0.25) is 0 Å². The van der Waals surface area contributed by atoms with Gasteiger partial charge in [0.1, 0.15) is 5.78 Å². The van der Waals surface area contributed by atoms with E-state index in [2.05, 4.69) is 0 Å². The van der Waals surface area contributed by atoms with E-state index >= 15 is 0 Å². The molecule has 2 bridgehead atoms. The first-order chi connectivity index (χ1) is 5.58. The van der Waals surface area contributed by atoms with Gasteiger partial charge in [0.2, 0.25) is 0 Å². The lowest BCUT2D eigenvalue weighted by molar-refractivity contribution is -0.235. The van der Waals surface area contributed by atoms with Gasteiger partial charge in [-0.25, -0.2) is 0 Å². The summed E-state index contributed by atoms with van der Waals surface area (Å²) in [5.41, 5.74) is -0.425. The Kier molecular flexibility index (Phi) is 1.44. The van der Waals surface area contributed by atoms with Gasteiger partial charge >= 0.3 is 0 Å². The molecule has 0 saturated carbocycles. The zero-order valence-electron chi connectivity index (χ0n) is 7.29. The Bertz CT molecular complexity index is 258. The summed E-state index contributed by atoms with van der Waals surface area (Å²) in [5, 5.41) is 0. The molecule has 3 heteroatoms. The number of methoxy groups -OCH3 is 1. The van der Waals surface area contributed by atoms with Crippen LogP contribution in [0.3, 0.4) is 0 Å². The average Bonchev–Trinajstić information content (AvgIpc) is 2.23. The van der Waals surface area contributed by atoms with Gasteiger partial charge in [-0.1, -0.05) is 6.08 Å². The first-order valence-corrected chi connectivity index (χ1v) is 4.05. The molecule has 0 N–H and O–H groups in total. The molecule has 2 atom stereocenters. The number of hydrogen-bond donors (Lipinski definition) is 0. The van der Waals surface area contributed by atoms with Crippen molar-refractivity contribution >= 4 is 5.78 Å². The fourth-order valence-corrected chi connectivity index (χ4v) is 1.87. The normalized spacial score (nSPS) is 45.3. The van der Waals surface area contributed by atoms with Crippen molar-refractivity contribution in [2.45, 2.75) is 31.2 Å². The van der Waals surface area contributed by atoms with Gasteiger partial charge in [0.15, 0.2) is 5.79 Å². The highest BCUT2D eigenvalue weighted by Crippen LogP contribution is 2.41. The first kappa shape index (κ1) is 7.95. The van der Waals surface area contributed by atoms with E-state index in [9.17, 15) is 4.79 Å². The molecule has 2 heterocycles. The van der Waals surface area contributed by atoms with Crippen molar-refractivity contribution < 1.29 is 14.3 Å². The molecule has 0 aromatic carbocycles. The zero-order valence-corrected chi connectivity index (χ0v) is 7.29. The first-order valence-electron chi connectivity index (χ1n) is 4.05. The van der Waals surface area contributed by atoms with Gasteiger partial charge in [-0.3, -0.25) is 4.79 Å². The number of ketones is 1. The molecule has 1 fully saturated rings. The van der Waals surface area contributed by atoms with Crippen molar-refractivity contribution in [1.82, 2.24) is 0 Å². The molecule has 0 aliphatic carbocycles. The van der Waals surface area contributed by atoms with Gasteiger partial charge in [-0.05, 0) is 13.0 Å². The van der Waals surface area contributed by atoms with Gasteiger partial charge in [-0.15, -0.1) is 0 Å². The fourth-order valence-electron chi connectivity index (χ4n) is 1.87. The zero-order chi connectivity index (χ0) is 8.82. The van der Waals surface area contributed by atoms with Gasteiger partial charge in [0.05, 0.1) is 12.0 Å². The largest absolute Gasteiger partial charge is 0.349 e. The summed E-state index contributed by atoms with van der Waals surface area (Å²) in [6.07, 6.45) is 4.57. The van der Waals surface area contributed by atoms with Crippen LogP contribution < -0.4 is 0 Å². The standard InChI is InChI=1S/C9H12O3/c1-8-3-4-9(11-2,12-8)6-7(10)5-8/h3-4H,5-6H2,1-2H3/t8-,9+/m0/s1. The van der Waals surface area contributed by atoms with Crippen molar-refractivity contribution in [1.29, 1.82) is 0 Å². The summed E-state index contributed by atoms with van der Waals surface area (Å²) in [6.45, 7) is 1.90. The van der Waals surface area contributed by atoms with E-state index < -0.39 is 11.4 Å². The minimum absolute atomic E-state index is 0.204. The average molecular weight is 168 g/mol. The van der Waals surface area contributed by atoms with E-state index in [1.165, 1.54) is 0 Å². The minimum atomic E-state index is -0.760. The molecule has 0 spiro atoms. The number of Topliss-reactive ketones (excluding diaryl/α,β-unsaturated/α-hetero) is 1. The molecule has 0 amide bonds. The Labute approximate surface area is 71.3 Å². The quantitative estimate of drug-likeness (QED) is 0.549. The number of rotatable bonds is 1. The Morgan fingerprint density at radius 1 is 1.50 bits per heavy atom. The number of carbonyl (C=O) groups excluding carboxylic acids is 1. The summed E-state index contributed by atoms with van der Waals surface area (Å²) < 4.78 is 10.8. The summed E-state index contributed by atoms with van der Waals surface area (Å²) in [7, 11) is 1.56. The van der Waals surface area contributed by atoms with E-state index in [1.807, 2.05) is 19.1 Å². The van der Waals surface area contributed by atoms with Crippen LogP contribution in [0.5, 0.6) is 0 Å². The minimum Gasteiger partial charge on any atom is -0.349 e. The second-order valence-corrected chi connectivity index (χ2v) is 3.66. The van der Waals surface area contributed by atoms with Gasteiger partial charge in [0.25, 0.3) is 0 Å². The number of fused-ring (bicyclic) bond motifs is 2.